The van der Waals surface area contributed by atoms with E-state index in [-0.39, 0.29) is 17.7 Å². The third kappa shape index (κ3) is 4.79. The van der Waals surface area contributed by atoms with Crippen LogP contribution in [0.25, 0.3) is 0 Å². The van der Waals surface area contributed by atoms with Crippen LogP contribution in [0.3, 0.4) is 0 Å². The monoisotopic (exact) mass is 316 g/mol. The molecule has 1 aromatic heterocycles. The van der Waals surface area contributed by atoms with Gasteiger partial charge in [0, 0.05) is 24.2 Å². The van der Waals surface area contributed by atoms with Gasteiger partial charge in [0.05, 0.1) is 12.3 Å². The molecule has 1 fully saturated rings. The minimum atomic E-state index is -2.98. The van der Waals surface area contributed by atoms with Crippen molar-refractivity contribution in [3.05, 3.63) is 22.4 Å². The Kier molecular flexibility index (Phi) is 5.04. The zero-order chi connectivity index (χ0) is 14.6. The molecule has 1 aromatic rings. The number of amides is 2. The van der Waals surface area contributed by atoms with Gasteiger partial charge in [-0.2, -0.15) is 0 Å². The summed E-state index contributed by atoms with van der Waals surface area (Å²) in [7, 11) is -2.98. The second-order valence-electron chi connectivity index (χ2n) is 5.28. The summed E-state index contributed by atoms with van der Waals surface area (Å²) in [6.45, 7) is 1.77. The van der Waals surface area contributed by atoms with Crippen LogP contribution in [-0.4, -0.2) is 44.4 Å². The van der Waals surface area contributed by atoms with E-state index in [2.05, 4.69) is 5.32 Å². The first-order chi connectivity index (χ1) is 9.44. The minimum Gasteiger partial charge on any atom is -0.333 e. The molecule has 1 atom stereocenters. The van der Waals surface area contributed by atoms with Gasteiger partial charge in [-0.3, -0.25) is 0 Å². The molecule has 2 rings (SSSR count). The molecule has 2 heterocycles. The van der Waals surface area contributed by atoms with Gasteiger partial charge in [-0.05, 0) is 30.2 Å². The van der Waals surface area contributed by atoms with E-state index in [9.17, 15) is 13.2 Å². The molecule has 0 bridgehead atoms. The van der Waals surface area contributed by atoms with Gasteiger partial charge in [-0.15, -0.1) is 11.3 Å². The fourth-order valence-corrected chi connectivity index (χ4v) is 4.27. The highest BCUT2D eigenvalue weighted by molar-refractivity contribution is 7.90. The topological polar surface area (TPSA) is 66.5 Å². The summed E-state index contributed by atoms with van der Waals surface area (Å²) in [4.78, 5) is 14.9. The summed E-state index contributed by atoms with van der Waals surface area (Å²) in [6, 6.07) is 3.83. The molecule has 7 heteroatoms. The second kappa shape index (κ2) is 6.58. The summed E-state index contributed by atoms with van der Waals surface area (Å²) in [5.41, 5.74) is 0. The van der Waals surface area contributed by atoms with Gasteiger partial charge in [0.25, 0.3) is 0 Å². The zero-order valence-electron chi connectivity index (χ0n) is 11.5. The number of urea groups is 1. The average Bonchev–Trinajstić information content (AvgIpc) is 2.87. The lowest BCUT2D eigenvalue weighted by Crippen LogP contribution is -2.46. The van der Waals surface area contributed by atoms with Crippen LogP contribution in [0.4, 0.5) is 4.79 Å². The summed E-state index contributed by atoms with van der Waals surface area (Å²) in [5.74, 6) is 0.230. The Morgan fingerprint density at radius 2 is 2.35 bits per heavy atom. The maximum absolute atomic E-state index is 12.1. The molecule has 1 aliphatic heterocycles. The lowest BCUT2D eigenvalue weighted by molar-refractivity contribution is 0.170. The molecule has 0 aliphatic carbocycles. The number of carbonyl (C=O) groups excluding carboxylic acids is 1. The lowest BCUT2D eigenvalue weighted by atomic mass is 10.0. The van der Waals surface area contributed by atoms with Crippen LogP contribution in [0, 0.1) is 5.92 Å². The molecule has 0 aromatic carbocycles. The van der Waals surface area contributed by atoms with Crippen molar-refractivity contribution < 1.29 is 13.2 Å². The fourth-order valence-electron chi connectivity index (χ4n) is 2.50. The van der Waals surface area contributed by atoms with Crippen molar-refractivity contribution in [2.45, 2.75) is 19.4 Å². The van der Waals surface area contributed by atoms with Crippen LogP contribution < -0.4 is 5.32 Å². The van der Waals surface area contributed by atoms with Crippen molar-refractivity contribution in [2.75, 3.05) is 25.1 Å². The van der Waals surface area contributed by atoms with Gasteiger partial charge in [0.15, 0.2) is 0 Å². The number of piperidine rings is 1. The molecular formula is C13H20N2O3S2. The first-order valence-electron chi connectivity index (χ1n) is 6.67. The van der Waals surface area contributed by atoms with Crippen molar-refractivity contribution in [3.8, 4) is 0 Å². The highest BCUT2D eigenvalue weighted by Gasteiger charge is 2.25. The molecule has 0 unspecified atom stereocenters. The van der Waals surface area contributed by atoms with E-state index in [0.29, 0.717) is 19.6 Å². The largest absolute Gasteiger partial charge is 0.333 e. The number of sulfone groups is 1. The Labute approximate surface area is 123 Å². The van der Waals surface area contributed by atoms with Crippen molar-refractivity contribution in [1.82, 2.24) is 10.2 Å². The first-order valence-corrected chi connectivity index (χ1v) is 9.61. The number of rotatable bonds is 4. The number of hydrogen-bond acceptors (Lipinski definition) is 4. The van der Waals surface area contributed by atoms with Crippen LogP contribution >= 0.6 is 11.3 Å². The van der Waals surface area contributed by atoms with E-state index in [4.69, 9.17) is 0 Å². The Hall–Kier alpha value is -1.08. The Morgan fingerprint density at radius 3 is 3.00 bits per heavy atom. The maximum Gasteiger partial charge on any atom is 0.317 e. The van der Waals surface area contributed by atoms with Gasteiger partial charge < -0.3 is 10.2 Å². The number of thiophene rings is 1. The molecule has 0 radical (unpaired) electrons. The number of nitrogens with one attached hydrogen (secondary N) is 1. The Balaban J connectivity index is 1.83. The van der Waals surface area contributed by atoms with E-state index in [1.807, 2.05) is 17.5 Å². The van der Waals surface area contributed by atoms with E-state index in [0.717, 1.165) is 17.7 Å². The smallest absolute Gasteiger partial charge is 0.317 e. The van der Waals surface area contributed by atoms with Crippen molar-refractivity contribution in [2.24, 2.45) is 5.92 Å². The van der Waals surface area contributed by atoms with Crippen LogP contribution in [0.1, 0.15) is 17.7 Å². The summed E-state index contributed by atoms with van der Waals surface area (Å²) in [6.07, 6.45) is 3.00. The van der Waals surface area contributed by atoms with Crippen LogP contribution in [0.2, 0.25) is 0 Å². The molecule has 1 aliphatic rings. The lowest BCUT2D eigenvalue weighted by Gasteiger charge is -2.32. The van der Waals surface area contributed by atoms with E-state index in [1.54, 1.807) is 16.2 Å². The number of nitrogens with zero attached hydrogens (tertiary/aromatic N) is 1. The van der Waals surface area contributed by atoms with Gasteiger partial charge in [0.1, 0.15) is 9.84 Å². The number of hydrogen-bond donors (Lipinski definition) is 1. The van der Waals surface area contributed by atoms with Crippen molar-refractivity contribution in [3.63, 3.8) is 0 Å². The van der Waals surface area contributed by atoms with Crippen LogP contribution in [0.15, 0.2) is 17.5 Å². The van der Waals surface area contributed by atoms with Crippen molar-refractivity contribution >= 4 is 27.2 Å². The second-order valence-corrected chi connectivity index (χ2v) is 8.50. The fraction of sp³-hybridized carbons (Fsp3) is 0.615. The van der Waals surface area contributed by atoms with Gasteiger partial charge >= 0.3 is 6.03 Å². The number of likely N-dealkylation sites (tertiary alicyclic amines) is 1. The standard InChI is InChI=1S/C13H20N2O3S2/c1-20(17,18)10-11-4-2-6-15(9-11)13(16)14-8-12-5-3-7-19-12/h3,5,7,11H,2,4,6,8-10H2,1H3,(H,14,16)/t11-/m0/s1. The third-order valence-electron chi connectivity index (χ3n) is 3.34. The van der Waals surface area contributed by atoms with Gasteiger partial charge in [0.2, 0.25) is 0 Å². The first kappa shape index (κ1) is 15.3. The Morgan fingerprint density at radius 1 is 1.55 bits per heavy atom. The molecule has 112 valence electrons. The van der Waals surface area contributed by atoms with Gasteiger partial charge in [-0.25, -0.2) is 13.2 Å². The maximum atomic E-state index is 12.1. The molecular weight excluding hydrogens is 296 g/mol. The Bertz CT molecular complexity index is 540. The molecule has 5 nitrogen and oxygen atoms in total. The summed E-state index contributed by atoms with van der Waals surface area (Å²) >= 11 is 1.61. The predicted octanol–water partition coefficient (Wildman–Crippen LogP) is 1.71. The molecule has 20 heavy (non-hydrogen) atoms. The molecule has 2 amide bonds. The molecule has 1 N–H and O–H groups in total. The zero-order valence-corrected chi connectivity index (χ0v) is 13.2. The van der Waals surface area contributed by atoms with E-state index >= 15 is 0 Å². The quantitative estimate of drug-likeness (QED) is 0.919. The summed E-state index contributed by atoms with van der Waals surface area (Å²) < 4.78 is 22.7. The van der Waals surface area contributed by atoms with Crippen molar-refractivity contribution in [1.29, 1.82) is 0 Å². The third-order valence-corrected chi connectivity index (χ3v) is 5.29. The predicted molar refractivity (Wildman–Crippen MR) is 80.6 cm³/mol. The SMILES string of the molecule is CS(=O)(=O)C[C@H]1CCCN(C(=O)NCc2cccs2)C1. The highest BCUT2D eigenvalue weighted by atomic mass is 32.2. The average molecular weight is 316 g/mol. The highest BCUT2D eigenvalue weighted by Crippen LogP contribution is 2.18. The molecule has 1 saturated heterocycles. The molecule has 0 spiro atoms. The summed E-state index contributed by atoms with van der Waals surface area (Å²) in [5, 5.41) is 4.86. The van der Waals surface area contributed by atoms with Crippen LogP contribution in [0.5, 0.6) is 0 Å². The van der Waals surface area contributed by atoms with Crippen LogP contribution in [-0.2, 0) is 16.4 Å². The normalized spacial score (nSPS) is 19.9. The molecule has 0 saturated carbocycles. The van der Waals surface area contributed by atoms with E-state index < -0.39 is 9.84 Å². The minimum absolute atomic E-state index is 0.0613. The number of carbonyl (C=O) groups is 1. The van der Waals surface area contributed by atoms with E-state index in [1.165, 1.54) is 6.26 Å². The van der Waals surface area contributed by atoms with Gasteiger partial charge in [-0.1, -0.05) is 6.07 Å².